The number of carboxylic acid groups (broad SMARTS) is 2. The standard InChI is InChI=1S/C17H29N5O8/c1-8(2)5-10(15(27)21-9(17(29)30)3-4-14(25)26)22-16(28)11(6-12(19)23)20-13(24)7-18/h8-11H,3-7,18H2,1-2H3,(H2,19,23)(H,20,24)(H,21,27)(H,22,28)(H,25,26)(H,29,30). The zero-order chi connectivity index (χ0) is 23.4. The van der Waals surface area contributed by atoms with Crippen LogP contribution in [0.3, 0.4) is 0 Å². The van der Waals surface area contributed by atoms with Crippen molar-refractivity contribution in [1.29, 1.82) is 0 Å². The highest BCUT2D eigenvalue weighted by Gasteiger charge is 2.30. The molecule has 0 spiro atoms. The van der Waals surface area contributed by atoms with Gasteiger partial charge in [0.05, 0.1) is 13.0 Å². The summed E-state index contributed by atoms with van der Waals surface area (Å²) in [5.74, 6) is -6.09. The van der Waals surface area contributed by atoms with E-state index in [9.17, 15) is 33.9 Å². The van der Waals surface area contributed by atoms with Crippen molar-refractivity contribution < 1.29 is 39.0 Å². The first-order valence-corrected chi connectivity index (χ1v) is 9.20. The Balaban J connectivity index is 5.38. The Morgan fingerprint density at radius 3 is 1.83 bits per heavy atom. The van der Waals surface area contributed by atoms with Crippen LogP contribution in [0.2, 0.25) is 0 Å². The van der Waals surface area contributed by atoms with E-state index in [-0.39, 0.29) is 18.8 Å². The van der Waals surface area contributed by atoms with Gasteiger partial charge in [-0.2, -0.15) is 0 Å². The minimum Gasteiger partial charge on any atom is -0.481 e. The van der Waals surface area contributed by atoms with Crippen LogP contribution in [-0.4, -0.2) is 70.5 Å². The number of amides is 4. The number of rotatable bonds is 14. The quantitative estimate of drug-likeness (QED) is 0.151. The summed E-state index contributed by atoms with van der Waals surface area (Å²) in [6.07, 6.45) is -1.26. The molecule has 30 heavy (non-hydrogen) atoms. The molecule has 170 valence electrons. The van der Waals surface area contributed by atoms with E-state index in [0.717, 1.165) is 0 Å². The van der Waals surface area contributed by atoms with Gasteiger partial charge in [0.1, 0.15) is 18.1 Å². The molecule has 4 amide bonds. The van der Waals surface area contributed by atoms with Crippen molar-refractivity contribution in [1.82, 2.24) is 16.0 Å². The molecule has 0 bridgehead atoms. The summed E-state index contributed by atoms with van der Waals surface area (Å²) in [5.41, 5.74) is 10.3. The largest absolute Gasteiger partial charge is 0.481 e. The Bertz CT molecular complexity index is 667. The normalized spacial score (nSPS) is 13.6. The summed E-state index contributed by atoms with van der Waals surface area (Å²) >= 11 is 0. The molecule has 0 aromatic rings. The highest BCUT2D eigenvalue weighted by atomic mass is 16.4. The van der Waals surface area contributed by atoms with E-state index in [1.165, 1.54) is 0 Å². The Labute approximate surface area is 172 Å². The predicted octanol–water partition coefficient (Wildman–Crippen LogP) is -2.73. The van der Waals surface area contributed by atoms with Crippen LogP contribution in [0.4, 0.5) is 0 Å². The fourth-order valence-corrected chi connectivity index (χ4v) is 2.44. The van der Waals surface area contributed by atoms with E-state index < -0.39 is 73.1 Å². The minimum absolute atomic E-state index is 0.100. The van der Waals surface area contributed by atoms with Gasteiger partial charge in [0.25, 0.3) is 0 Å². The molecule has 0 aromatic carbocycles. The maximum atomic E-state index is 12.6. The summed E-state index contributed by atoms with van der Waals surface area (Å²) in [6, 6.07) is -4.05. The van der Waals surface area contributed by atoms with E-state index in [4.69, 9.17) is 16.6 Å². The first-order valence-electron chi connectivity index (χ1n) is 9.20. The fraction of sp³-hybridized carbons (Fsp3) is 0.647. The van der Waals surface area contributed by atoms with E-state index in [1.807, 2.05) is 0 Å². The van der Waals surface area contributed by atoms with Crippen molar-refractivity contribution in [3.05, 3.63) is 0 Å². The SMILES string of the molecule is CC(C)CC(NC(=O)C(CC(N)=O)NC(=O)CN)C(=O)NC(CCC(=O)O)C(=O)O. The zero-order valence-corrected chi connectivity index (χ0v) is 16.8. The number of primary amides is 1. The monoisotopic (exact) mass is 431 g/mol. The molecule has 13 heteroatoms. The number of hydrogen-bond acceptors (Lipinski definition) is 7. The molecule has 13 nitrogen and oxygen atoms in total. The minimum atomic E-state index is -1.47. The van der Waals surface area contributed by atoms with Gasteiger partial charge in [0.2, 0.25) is 23.6 Å². The van der Waals surface area contributed by atoms with Crippen LogP contribution in [0.25, 0.3) is 0 Å². The number of hydrogen-bond donors (Lipinski definition) is 7. The molecule has 0 rings (SSSR count). The summed E-state index contributed by atoms with van der Waals surface area (Å²) in [7, 11) is 0. The topological polar surface area (TPSA) is 231 Å². The molecule has 0 saturated heterocycles. The summed E-state index contributed by atoms with van der Waals surface area (Å²) in [6.45, 7) is 3.06. The van der Waals surface area contributed by atoms with Crippen LogP contribution >= 0.6 is 0 Å². The van der Waals surface area contributed by atoms with Gasteiger partial charge in [-0.1, -0.05) is 13.8 Å². The lowest BCUT2D eigenvalue weighted by molar-refractivity contribution is -0.143. The van der Waals surface area contributed by atoms with Crippen molar-refractivity contribution >= 4 is 35.6 Å². The van der Waals surface area contributed by atoms with Gasteiger partial charge in [-0.3, -0.25) is 24.0 Å². The van der Waals surface area contributed by atoms with Crippen molar-refractivity contribution in [3.63, 3.8) is 0 Å². The van der Waals surface area contributed by atoms with Gasteiger partial charge >= 0.3 is 11.9 Å². The molecule has 3 atom stereocenters. The molecular weight excluding hydrogens is 402 g/mol. The number of nitrogens with two attached hydrogens (primary N) is 2. The van der Waals surface area contributed by atoms with E-state index in [1.54, 1.807) is 13.8 Å². The molecule has 0 radical (unpaired) electrons. The fourth-order valence-electron chi connectivity index (χ4n) is 2.44. The molecular formula is C17H29N5O8. The smallest absolute Gasteiger partial charge is 0.326 e. The third-order valence-electron chi connectivity index (χ3n) is 3.84. The molecule has 0 saturated carbocycles. The molecule has 0 aliphatic carbocycles. The number of aliphatic carboxylic acids is 2. The lowest BCUT2D eigenvalue weighted by Gasteiger charge is -2.25. The van der Waals surface area contributed by atoms with Gasteiger partial charge < -0.3 is 37.6 Å². The first kappa shape index (κ1) is 26.8. The van der Waals surface area contributed by atoms with Crippen LogP contribution < -0.4 is 27.4 Å². The van der Waals surface area contributed by atoms with Gasteiger partial charge in [-0.15, -0.1) is 0 Å². The van der Waals surface area contributed by atoms with Crippen LogP contribution in [0.1, 0.15) is 39.5 Å². The second-order valence-corrected chi connectivity index (χ2v) is 7.02. The lowest BCUT2D eigenvalue weighted by Crippen LogP contribution is -2.57. The Morgan fingerprint density at radius 1 is 0.867 bits per heavy atom. The van der Waals surface area contributed by atoms with Gasteiger partial charge in [-0.05, 0) is 18.8 Å². The number of carboxylic acids is 2. The second kappa shape index (κ2) is 13.1. The number of nitrogens with one attached hydrogen (secondary N) is 3. The van der Waals surface area contributed by atoms with E-state index in [2.05, 4.69) is 16.0 Å². The lowest BCUT2D eigenvalue weighted by atomic mass is 10.0. The number of carbonyl (C=O) groups is 6. The van der Waals surface area contributed by atoms with Gasteiger partial charge in [-0.25, -0.2) is 4.79 Å². The van der Waals surface area contributed by atoms with Crippen LogP contribution in [0.5, 0.6) is 0 Å². The van der Waals surface area contributed by atoms with E-state index >= 15 is 0 Å². The first-order chi connectivity index (χ1) is 13.9. The highest BCUT2D eigenvalue weighted by Crippen LogP contribution is 2.08. The molecule has 0 aliphatic rings. The average molecular weight is 431 g/mol. The average Bonchev–Trinajstić information content (AvgIpc) is 2.62. The predicted molar refractivity (Wildman–Crippen MR) is 103 cm³/mol. The maximum Gasteiger partial charge on any atom is 0.326 e. The van der Waals surface area contributed by atoms with Crippen molar-refractivity contribution in [3.8, 4) is 0 Å². The molecule has 0 aromatic heterocycles. The molecule has 0 aliphatic heterocycles. The summed E-state index contributed by atoms with van der Waals surface area (Å²) in [5, 5.41) is 24.7. The van der Waals surface area contributed by atoms with Crippen LogP contribution in [-0.2, 0) is 28.8 Å². The van der Waals surface area contributed by atoms with Gasteiger partial charge in [0, 0.05) is 6.42 Å². The Kier molecular flexibility index (Phi) is 11.7. The van der Waals surface area contributed by atoms with Gasteiger partial charge in [0.15, 0.2) is 0 Å². The van der Waals surface area contributed by atoms with Crippen molar-refractivity contribution in [2.45, 2.75) is 57.7 Å². The van der Waals surface area contributed by atoms with E-state index in [0.29, 0.717) is 0 Å². The van der Waals surface area contributed by atoms with Crippen molar-refractivity contribution in [2.75, 3.05) is 6.54 Å². The third kappa shape index (κ3) is 10.9. The highest BCUT2D eigenvalue weighted by molar-refractivity contribution is 5.95. The third-order valence-corrected chi connectivity index (χ3v) is 3.84. The summed E-state index contributed by atoms with van der Waals surface area (Å²) in [4.78, 5) is 69.7. The molecule has 0 fully saturated rings. The maximum absolute atomic E-state index is 12.6. The molecule has 9 N–H and O–H groups in total. The molecule has 3 unspecified atom stereocenters. The van der Waals surface area contributed by atoms with Crippen LogP contribution in [0.15, 0.2) is 0 Å². The Morgan fingerprint density at radius 2 is 1.40 bits per heavy atom. The Hall–Kier alpha value is -3.22. The summed E-state index contributed by atoms with van der Waals surface area (Å²) < 4.78 is 0. The van der Waals surface area contributed by atoms with Crippen LogP contribution in [0, 0.1) is 5.92 Å². The molecule has 0 heterocycles. The van der Waals surface area contributed by atoms with Crippen molar-refractivity contribution in [2.24, 2.45) is 17.4 Å². The zero-order valence-electron chi connectivity index (χ0n) is 16.8. The number of carbonyl (C=O) groups excluding carboxylic acids is 4. The second-order valence-electron chi connectivity index (χ2n) is 7.02.